The van der Waals surface area contributed by atoms with Crippen molar-refractivity contribution in [3.63, 3.8) is 0 Å². The highest BCUT2D eigenvalue weighted by Crippen LogP contribution is 2.13. The molecule has 0 radical (unpaired) electrons. The van der Waals surface area contributed by atoms with Crippen molar-refractivity contribution in [3.05, 3.63) is 65.2 Å². The van der Waals surface area contributed by atoms with Gasteiger partial charge in [-0.15, -0.1) is 0 Å². The lowest BCUT2D eigenvalue weighted by atomic mass is 10.1. The van der Waals surface area contributed by atoms with Crippen LogP contribution in [0.4, 0.5) is 0 Å². The smallest absolute Gasteiger partial charge is 0.252 e. The van der Waals surface area contributed by atoms with Crippen molar-refractivity contribution >= 4 is 11.7 Å². The standard InChI is InChI=1S/C21H21NO3/c1-15(2)25-20-12-10-19(11-13-20)21(24)22-14-4-5-17-6-8-18(9-7-17)16(3)23/h6-13,15H,14H2,1-3H3,(H,22,24). The number of carbonyl (C=O) groups excluding carboxylic acids is 2. The molecule has 0 saturated carbocycles. The number of hydrogen-bond donors (Lipinski definition) is 1. The van der Waals surface area contributed by atoms with E-state index in [0.29, 0.717) is 11.1 Å². The van der Waals surface area contributed by atoms with Gasteiger partial charge in [0.15, 0.2) is 5.78 Å². The lowest BCUT2D eigenvalue weighted by Crippen LogP contribution is -2.23. The topological polar surface area (TPSA) is 55.4 Å². The molecule has 128 valence electrons. The Hall–Kier alpha value is -3.06. The summed E-state index contributed by atoms with van der Waals surface area (Å²) in [5, 5.41) is 2.75. The largest absolute Gasteiger partial charge is 0.491 e. The molecule has 1 N–H and O–H groups in total. The fourth-order valence-electron chi connectivity index (χ4n) is 2.12. The van der Waals surface area contributed by atoms with Crippen molar-refractivity contribution < 1.29 is 14.3 Å². The van der Waals surface area contributed by atoms with Gasteiger partial charge in [0.05, 0.1) is 12.6 Å². The summed E-state index contributed by atoms with van der Waals surface area (Å²) >= 11 is 0. The molecule has 0 saturated heterocycles. The van der Waals surface area contributed by atoms with E-state index in [1.165, 1.54) is 6.92 Å². The molecule has 25 heavy (non-hydrogen) atoms. The maximum Gasteiger partial charge on any atom is 0.252 e. The predicted molar refractivity (Wildman–Crippen MR) is 97.9 cm³/mol. The number of Topliss-reactive ketones (excluding diaryl/α,β-unsaturated/α-hetero) is 1. The number of benzene rings is 2. The van der Waals surface area contributed by atoms with Gasteiger partial charge in [-0.25, -0.2) is 0 Å². The average Bonchev–Trinajstić information content (AvgIpc) is 2.59. The Morgan fingerprint density at radius 3 is 2.16 bits per heavy atom. The molecule has 2 aromatic carbocycles. The van der Waals surface area contributed by atoms with Gasteiger partial charge >= 0.3 is 0 Å². The molecular weight excluding hydrogens is 314 g/mol. The maximum atomic E-state index is 12.1. The summed E-state index contributed by atoms with van der Waals surface area (Å²) in [6.45, 7) is 5.68. The van der Waals surface area contributed by atoms with Crippen molar-refractivity contribution in [1.82, 2.24) is 5.32 Å². The Balaban J connectivity index is 1.87. The van der Waals surface area contributed by atoms with Crippen LogP contribution in [-0.4, -0.2) is 24.3 Å². The monoisotopic (exact) mass is 335 g/mol. The van der Waals surface area contributed by atoms with E-state index in [-0.39, 0.29) is 24.3 Å². The van der Waals surface area contributed by atoms with E-state index in [4.69, 9.17) is 4.74 Å². The summed E-state index contributed by atoms with van der Waals surface area (Å²) in [6, 6.07) is 14.1. The number of carbonyl (C=O) groups is 2. The highest BCUT2D eigenvalue weighted by atomic mass is 16.5. The van der Waals surface area contributed by atoms with Gasteiger partial charge in [-0.2, -0.15) is 0 Å². The third-order valence-corrected chi connectivity index (χ3v) is 3.35. The van der Waals surface area contributed by atoms with Crippen molar-refractivity contribution in [3.8, 4) is 17.6 Å². The van der Waals surface area contributed by atoms with Gasteiger partial charge in [0.2, 0.25) is 0 Å². The Morgan fingerprint density at radius 1 is 1.00 bits per heavy atom. The molecule has 0 aliphatic carbocycles. The zero-order valence-corrected chi connectivity index (χ0v) is 14.6. The molecule has 4 heteroatoms. The molecule has 0 aromatic heterocycles. The molecular formula is C21H21NO3. The van der Waals surface area contributed by atoms with Crippen LogP contribution in [0.1, 0.15) is 47.1 Å². The SMILES string of the molecule is CC(=O)c1ccc(C#CCNC(=O)c2ccc(OC(C)C)cc2)cc1. The number of ether oxygens (including phenoxy) is 1. The zero-order chi connectivity index (χ0) is 18.2. The van der Waals surface area contributed by atoms with E-state index >= 15 is 0 Å². The van der Waals surface area contributed by atoms with E-state index in [2.05, 4.69) is 17.2 Å². The van der Waals surface area contributed by atoms with E-state index in [9.17, 15) is 9.59 Å². The molecule has 0 bridgehead atoms. The molecule has 0 spiro atoms. The molecule has 0 aliphatic rings. The summed E-state index contributed by atoms with van der Waals surface area (Å²) in [4.78, 5) is 23.3. The second-order valence-electron chi connectivity index (χ2n) is 5.81. The van der Waals surface area contributed by atoms with Crippen molar-refractivity contribution in [2.24, 2.45) is 0 Å². The van der Waals surface area contributed by atoms with Gasteiger partial charge in [-0.05, 0) is 57.2 Å². The number of ketones is 1. The summed E-state index contributed by atoms with van der Waals surface area (Å²) in [5.41, 5.74) is 2.02. The minimum Gasteiger partial charge on any atom is -0.491 e. The van der Waals surface area contributed by atoms with Crippen molar-refractivity contribution in [2.45, 2.75) is 26.9 Å². The first-order valence-corrected chi connectivity index (χ1v) is 8.10. The lowest BCUT2D eigenvalue weighted by molar-refractivity contribution is 0.0957. The van der Waals surface area contributed by atoms with Gasteiger partial charge < -0.3 is 10.1 Å². The van der Waals surface area contributed by atoms with Crippen molar-refractivity contribution in [1.29, 1.82) is 0 Å². The summed E-state index contributed by atoms with van der Waals surface area (Å²) in [6.07, 6.45) is 0.0967. The fourth-order valence-corrected chi connectivity index (χ4v) is 2.12. The van der Waals surface area contributed by atoms with Gasteiger partial charge in [0.25, 0.3) is 5.91 Å². The number of rotatable bonds is 5. The Morgan fingerprint density at radius 2 is 1.60 bits per heavy atom. The highest BCUT2D eigenvalue weighted by molar-refractivity contribution is 5.94. The third-order valence-electron chi connectivity index (χ3n) is 3.35. The van der Waals surface area contributed by atoms with Crippen LogP contribution in [-0.2, 0) is 0 Å². The summed E-state index contributed by atoms with van der Waals surface area (Å²) < 4.78 is 5.54. The predicted octanol–water partition coefficient (Wildman–Crippen LogP) is 3.46. The lowest BCUT2D eigenvalue weighted by Gasteiger charge is -2.09. The van der Waals surface area contributed by atoms with Gasteiger partial charge in [0, 0.05) is 16.7 Å². The molecule has 1 amide bonds. The maximum absolute atomic E-state index is 12.1. The first kappa shape index (κ1) is 18.3. The molecule has 4 nitrogen and oxygen atoms in total. The van der Waals surface area contributed by atoms with Crippen LogP contribution in [0.2, 0.25) is 0 Å². The van der Waals surface area contributed by atoms with Gasteiger partial charge in [0.1, 0.15) is 5.75 Å². The Kier molecular flexibility index (Phi) is 6.36. The number of hydrogen-bond acceptors (Lipinski definition) is 3. The average molecular weight is 335 g/mol. The van der Waals surface area contributed by atoms with Crippen LogP contribution < -0.4 is 10.1 Å². The van der Waals surface area contributed by atoms with E-state index in [1.807, 2.05) is 13.8 Å². The zero-order valence-electron chi connectivity index (χ0n) is 14.6. The molecule has 0 unspecified atom stereocenters. The Bertz CT molecular complexity index is 794. The van der Waals surface area contributed by atoms with E-state index < -0.39 is 0 Å². The number of amides is 1. The fraction of sp³-hybridized carbons (Fsp3) is 0.238. The van der Waals surface area contributed by atoms with Crippen molar-refractivity contribution in [2.75, 3.05) is 6.54 Å². The van der Waals surface area contributed by atoms with Crippen LogP contribution >= 0.6 is 0 Å². The van der Waals surface area contributed by atoms with Gasteiger partial charge in [-0.1, -0.05) is 24.0 Å². The van der Waals surface area contributed by atoms with Crippen LogP contribution in [0.3, 0.4) is 0 Å². The quantitative estimate of drug-likeness (QED) is 0.672. The first-order valence-electron chi connectivity index (χ1n) is 8.10. The van der Waals surface area contributed by atoms with E-state index in [0.717, 1.165) is 11.3 Å². The molecule has 0 atom stereocenters. The normalized spacial score (nSPS) is 9.92. The second kappa shape index (κ2) is 8.70. The summed E-state index contributed by atoms with van der Waals surface area (Å²) in [5.74, 6) is 6.43. The summed E-state index contributed by atoms with van der Waals surface area (Å²) in [7, 11) is 0. The molecule has 2 aromatic rings. The number of nitrogens with one attached hydrogen (secondary N) is 1. The van der Waals surface area contributed by atoms with Crippen LogP contribution in [0.15, 0.2) is 48.5 Å². The van der Waals surface area contributed by atoms with Crippen LogP contribution in [0.25, 0.3) is 0 Å². The first-order chi connectivity index (χ1) is 12.0. The molecule has 0 fully saturated rings. The Labute approximate surface area is 148 Å². The molecule has 2 rings (SSSR count). The molecule has 0 aliphatic heterocycles. The third kappa shape index (κ3) is 5.82. The second-order valence-corrected chi connectivity index (χ2v) is 5.81. The minimum absolute atomic E-state index is 0.0246. The minimum atomic E-state index is -0.183. The van der Waals surface area contributed by atoms with Gasteiger partial charge in [-0.3, -0.25) is 9.59 Å². The van der Waals surface area contributed by atoms with E-state index in [1.54, 1.807) is 48.5 Å². The van der Waals surface area contributed by atoms with Crippen LogP contribution in [0.5, 0.6) is 5.75 Å². The van der Waals surface area contributed by atoms with Crippen LogP contribution in [0, 0.1) is 11.8 Å². The molecule has 0 heterocycles. The highest BCUT2D eigenvalue weighted by Gasteiger charge is 2.05.